The Labute approximate surface area is 146 Å². The Morgan fingerprint density at radius 3 is 2.46 bits per heavy atom. The van der Waals surface area contributed by atoms with Crippen molar-refractivity contribution in [3.8, 4) is 0 Å². The molecule has 24 heavy (non-hydrogen) atoms. The molecule has 1 heterocycles. The van der Waals surface area contributed by atoms with Crippen LogP contribution in [-0.4, -0.2) is 23.3 Å². The molecule has 0 saturated heterocycles. The van der Waals surface area contributed by atoms with Gasteiger partial charge in [0.2, 0.25) is 11.8 Å². The summed E-state index contributed by atoms with van der Waals surface area (Å²) in [4.78, 5) is 28.9. The van der Waals surface area contributed by atoms with Crippen LogP contribution >= 0.6 is 11.3 Å². The van der Waals surface area contributed by atoms with E-state index in [1.165, 1.54) is 22.5 Å². The molecule has 0 aliphatic heterocycles. The Hall–Kier alpha value is -2.21. The number of hydrogen-bond acceptors (Lipinski definition) is 4. The molecule has 6 heteroatoms. The van der Waals surface area contributed by atoms with Gasteiger partial charge in [-0.25, -0.2) is 4.98 Å². The molecule has 1 aromatic carbocycles. The molecular formula is C18H23N3O2S. The number of anilines is 1. The van der Waals surface area contributed by atoms with E-state index in [0.29, 0.717) is 5.13 Å². The van der Waals surface area contributed by atoms with Crippen LogP contribution in [0, 0.1) is 12.3 Å². The molecule has 0 radical (unpaired) electrons. The van der Waals surface area contributed by atoms with Gasteiger partial charge in [0.05, 0.1) is 6.54 Å². The SMILES string of the molecule is Cc1ccc(Cc2cnc(NC(=O)CNC(=O)C(C)(C)C)s2)cc1. The van der Waals surface area contributed by atoms with Gasteiger partial charge < -0.3 is 10.6 Å². The third kappa shape index (κ3) is 5.45. The van der Waals surface area contributed by atoms with Crippen LogP contribution in [0.2, 0.25) is 0 Å². The van der Waals surface area contributed by atoms with Crippen molar-refractivity contribution >= 4 is 28.3 Å². The van der Waals surface area contributed by atoms with E-state index >= 15 is 0 Å². The summed E-state index contributed by atoms with van der Waals surface area (Å²) < 4.78 is 0. The van der Waals surface area contributed by atoms with E-state index in [1.807, 2.05) is 0 Å². The normalized spacial score (nSPS) is 11.2. The molecular weight excluding hydrogens is 322 g/mol. The van der Waals surface area contributed by atoms with Crippen LogP contribution in [0.15, 0.2) is 30.5 Å². The van der Waals surface area contributed by atoms with Gasteiger partial charge in [0.15, 0.2) is 5.13 Å². The third-order valence-electron chi connectivity index (χ3n) is 3.39. The first kappa shape index (κ1) is 18.1. The third-order valence-corrected chi connectivity index (χ3v) is 4.30. The standard InChI is InChI=1S/C18H23N3O2S/c1-12-5-7-13(8-6-12)9-14-10-20-17(24-14)21-15(22)11-19-16(23)18(2,3)4/h5-8,10H,9,11H2,1-4H3,(H,19,23)(H,20,21,22). The maximum Gasteiger partial charge on any atom is 0.245 e. The fraction of sp³-hybridized carbons (Fsp3) is 0.389. The monoisotopic (exact) mass is 345 g/mol. The van der Waals surface area contributed by atoms with Crippen LogP contribution in [-0.2, 0) is 16.0 Å². The van der Waals surface area contributed by atoms with Crippen molar-refractivity contribution in [3.05, 3.63) is 46.5 Å². The second-order valence-corrected chi connectivity index (χ2v) is 7.89. The summed E-state index contributed by atoms with van der Waals surface area (Å²) in [7, 11) is 0. The van der Waals surface area contributed by atoms with E-state index in [0.717, 1.165) is 11.3 Å². The van der Waals surface area contributed by atoms with Gasteiger partial charge in [-0.1, -0.05) is 50.6 Å². The van der Waals surface area contributed by atoms with Crippen LogP contribution in [0.25, 0.3) is 0 Å². The lowest BCUT2D eigenvalue weighted by Crippen LogP contribution is -2.39. The molecule has 0 unspecified atom stereocenters. The quantitative estimate of drug-likeness (QED) is 0.874. The average molecular weight is 345 g/mol. The Bertz CT molecular complexity index is 715. The Balaban J connectivity index is 1.85. The van der Waals surface area contributed by atoms with Gasteiger partial charge in [-0.3, -0.25) is 9.59 Å². The van der Waals surface area contributed by atoms with E-state index in [9.17, 15) is 9.59 Å². The number of aryl methyl sites for hydroxylation is 1. The number of aromatic nitrogens is 1. The summed E-state index contributed by atoms with van der Waals surface area (Å²) in [5.74, 6) is -0.430. The molecule has 2 rings (SSSR count). The fourth-order valence-electron chi connectivity index (χ4n) is 1.94. The maximum absolute atomic E-state index is 11.9. The Kier molecular flexibility index (Phi) is 5.72. The lowest BCUT2D eigenvalue weighted by molar-refractivity contribution is -0.130. The minimum atomic E-state index is -0.511. The fourth-order valence-corrected chi connectivity index (χ4v) is 2.81. The second-order valence-electron chi connectivity index (χ2n) is 6.77. The lowest BCUT2D eigenvalue weighted by atomic mass is 9.96. The van der Waals surface area contributed by atoms with E-state index in [1.54, 1.807) is 27.0 Å². The number of thiazole rings is 1. The zero-order chi connectivity index (χ0) is 17.7. The van der Waals surface area contributed by atoms with E-state index in [-0.39, 0.29) is 18.4 Å². The number of amides is 2. The molecule has 0 aliphatic rings. The average Bonchev–Trinajstić information content (AvgIpc) is 2.93. The first-order chi connectivity index (χ1) is 11.2. The summed E-state index contributed by atoms with van der Waals surface area (Å²) in [6, 6.07) is 8.35. The molecule has 0 spiro atoms. The van der Waals surface area contributed by atoms with E-state index in [4.69, 9.17) is 0 Å². The number of rotatable bonds is 5. The first-order valence-corrected chi connectivity index (χ1v) is 8.64. The molecule has 0 atom stereocenters. The zero-order valence-electron chi connectivity index (χ0n) is 14.5. The van der Waals surface area contributed by atoms with Gasteiger partial charge in [-0.2, -0.15) is 0 Å². The van der Waals surface area contributed by atoms with Gasteiger partial charge in [0.25, 0.3) is 0 Å². The molecule has 0 aliphatic carbocycles. The maximum atomic E-state index is 11.9. The molecule has 2 amide bonds. The zero-order valence-corrected chi connectivity index (χ0v) is 15.3. The number of benzene rings is 1. The predicted octanol–water partition coefficient (Wildman–Crippen LogP) is 3.14. The predicted molar refractivity (Wildman–Crippen MR) is 97.2 cm³/mol. The molecule has 128 valence electrons. The van der Waals surface area contributed by atoms with Gasteiger partial charge in [0, 0.05) is 22.9 Å². The van der Waals surface area contributed by atoms with Gasteiger partial charge in [0.1, 0.15) is 0 Å². The van der Waals surface area contributed by atoms with Crippen molar-refractivity contribution in [3.63, 3.8) is 0 Å². The lowest BCUT2D eigenvalue weighted by Gasteiger charge is -2.17. The minimum absolute atomic E-state index is 0.0526. The van der Waals surface area contributed by atoms with Crippen LogP contribution in [0.1, 0.15) is 36.8 Å². The molecule has 0 fully saturated rings. The molecule has 2 aromatic rings. The highest BCUT2D eigenvalue weighted by molar-refractivity contribution is 7.15. The summed E-state index contributed by atoms with van der Waals surface area (Å²) in [5, 5.41) is 5.89. The molecule has 2 N–H and O–H groups in total. The van der Waals surface area contributed by atoms with Crippen LogP contribution in [0.4, 0.5) is 5.13 Å². The van der Waals surface area contributed by atoms with Crippen molar-refractivity contribution < 1.29 is 9.59 Å². The number of hydrogen-bond donors (Lipinski definition) is 2. The van der Waals surface area contributed by atoms with Gasteiger partial charge >= 0.3 is 0 Å². The number of carbonyl (C=O) groups is 2. The minimum Gasteiger partial charge on any atom is -0.347 e. The highest BCUT2D eigenvalue weighted by Gasteiger charge is 2.21. The second kappa shape index (κ2) is 7.57. The highest BCUT2D eigenvalue weighted by atomic mass is 32.1. The van der Waals surface area contributed by atoms with Crippen molar-refractivity contribution in [1.82, 2.24) is 10.3 Å². The van der Waals surface area contributed by atoms with Gasteiger partial charge in [-0.15, -0.1) is 11.3 Å². The van der Waals surface area contributed by atoms with E-state index < -0.39 is 5.41 Å². The summed E-state index contributed by atoms with van der Waals surface area (Å²) in [5.41, 5.74) is 1.93. The summed E-state index contributed by atoms with van der Waals surface area (Å²) in [6.07, 6.45) is 2.56. The number of nitrogens with zero attached hydrogens (tertiary/aromatic N) is 1. The van der Waals surface area contributed by atoms with Crippen molar-refractivity contribution in [1.29, 1.82) is 0 Å². The smallest absolute Gasteiger partial charge is 0.245 e. The largest absolute Gasteiger partial charge is 0.347 e. The Morgan fingerprint density at radius 2 is 1.83 bits per heavy atom. The van der Waals surface area contributed by atoms with Crippen LogP contribution in [0.5, 0.6) is 0 Å². The van der Waals surface area contributed by atoms with Crippen LogP contribution < -0.4 is 10.6 Å². The molecule has 5 nitrogen and oxygen atoms in total. The van der Waals surface area contributed by atoms with Crippen molar-refractivity contribution in [2.75, 3.05) is 11.9 Å². The van der Waals surface area contributed by atoms with E-state index in [2.05, 4.69) is 46.8 Å². The van der Waals surface area contributed by atoms with Crippen molar-refractivity contribution in [2.45, 2.75) is 34.1 Å². The van der Waals surface area contributed by atoms with Gasteiger partial charge in [-0.05, 0) is 12.5 Å². The summed E-state index contributed by atoms with van der Waals surface area (Å²) >= 11 is 1.44. The first-order valence-electron chi connectivity index (χ1n) is 7.82. The molecule has 1 aromatic heterocycles. The topological polar surface area (TPSA) is 71.1 Å². The number of carbonyl (C=O) groups excluding carboxylic acids is 2. The molecule has 0 saturated carbocycles. The Morgan fingerprint density at radius 1 is 1.17 bits per heavy atom. The highest BCUT2D eigenvalue weighted by Crippen LogP contribution is 2.21. The van der Waals surface area contributed by atoms with Crippen molar-refractivity contribution in [2.24, 2.45) is 5.41 Å². The summed E-state index contributed by atoms with van der Waals surface area (Å²) in [6.45, 7) is 7.42. The van der Waals surface area contributed by atoms with Crippen LogP contribution in [0.3, 0.4) is 0 Å². The number of nitrogens with one attached hydrogen (secondary N) is 2. The molecule has 0 bridgehead atoms.